The Kier molecular flexibility index (Phi) is 5.49. The molecule has 0 aliphatic carbocycles. The van der Waals surface area contributed by atoms with Crippen LogP contribution < -0.4 is 9.47 Å². The molecule has 39 heavy (non-hydrogen) atoms. The third-order valence-corrected chi connectivity index (χ3v) is 6.13. The highest BCUT2D eigenvalue weighted by molar-refractivity contribution is 5.85. The minimum atomic E-state index is -4.63. The van der Waals surface area contributed by atoms with Crippen molar-refractivity contribution < 1.29 is 35.8 Å². The van der Waals surface area contributed by atoms with E-state index in [0.717, 1.165) is 27.4 Å². The molecule has 0 bridgehead atoms. The highest BCUT2D eigenvalue weighted by Crippen LogP contribution is 2.45. The number of alkyl halides is 5. The first kappa shape index (κ1) is 24.7. The van der Waals surface area contributed by atoms with E-state index in [1.165, 1.54) is 24.4 Å². The van der Waals surface area contributed by atoms with Crippen LogP contribution in [-0.2, 0) is 6.18 Å². The largest absolute Gasteiger partial charge is 0.586 e. The summed E-state index contributed by atoms with van der Waals surface area (Å²) in [5.74, 6) is 0.154. The molecule has 0 spiro atoms. The lowest BCUT2D eigenvalue weighted by Gasteiger charge is -2.13. The molecule has 1 aliphatic rings. The van der Waals surface area contributed by atoms with Crippen LogP contribution in [0, 0.1) is 13.8 Å². The van der Waals surface area contributed by atoms with Gasteiger partial charge in [-0.05, 0) is 54.4 Å². The van der Waals surface area contributed by atoms with Crippen molar-refractivity contribution in [2.45, 2.75) is 26.3 Å². The van der Waals surface area contributed by atoms with E-state index in [1.807, 2.05) is 31.2 Å². The molecule has 198 valence electrons. The third-order valence-electron chi connectivity index (χ3n) is 6.13. The van der Waals surface area contributed by atoms with Crippen LogP contribution in [0.2, 0.25) is 0 Å². The quantitative estimate of drug-likeness (QED) is 0.218. The number of rotatable bonds is 4. The first-order chi connectivity index (χ1) is 18.5. The molecule has 5 aromatic rings. The molecular weight excluding hydrogens is 521 g/mol. The van der Waals surface area contributed by atoms with E-state index >= 15 is 0 Å². The van der Waals surface area contributed by atoms with Crippen LogP contribution in [0.5, 0.6) is 11.5 Å². The summed E-state index contributed by atoms with van der Waals surface area (Å²) in [5, 5.41) is 3.74. The van der Waals surface area contributed by atoms with Crippen LogP contribution >= 0.6 is 0 Å². The van der Waals surface area contributed by atoms with Gasteiger partial charge in [-0.2, -0.15) is 18.3 Å². The van der Waals surface area contributed by atoms with Crippen LogP contribution in [0.15, 0.2) is 77.3 Å². The number of ether oxygens (including phenoxy) is 2. The summed E-state index contributed by atoms with van der Waals surface area (Å²) in [6, 6.07) is 18.0. The molecule has 6 rings (SSSR count). The average Bonchev–Trinajstić information content (AvgIpc) is 3.58. The predicted molar refractivity (Wildman–Crippen MR) is 131 cm³/mol. The summed E-state index contributed by atoms with van der Waals surface area (Å²) in [5.41, 5.74) is 2.96. The van der Waals surface area contributed by atoms with E-state index in [4.69, 9.17) is 4.42 Å². The Morgan fingerprint density at radius 1 is 0.821 bits per heavy atom. The van der Waals surface area contributed by atoms with Gasteiger partial charge < -0.3 is 13.9 Å². The van der Waals surface area contributed by atoms with Crippen LogP contribution in [0.3, 0.4) is 0 Å². The van der Waals surface area contributed by atoms with Gasteiger partial charge in [-0.15, -0.1) is 8.78 Å². The van der Waals surface area contributed by atoms with E-state index in [0.29, 0.717) is 16.8 Å². The molecule has 3 heterocycles. The van der Waals surface area contributed by atoms with Gasteiger partial charge in [0.2, 0.25) is 0 Å². The molecule has 11 heteroatoms. The Labute approximate surface area is 218 Å². The number of hydrogen-bond donors (Lipinski definition) is 0. The molecule has 0 fully saturated rings. The zero-order valence-electron chi connectivity index (χ0n) is 20.4. The van der Waals surface area contributed by atoms with Gasteiger partial charge in [0.15, 0.2) is 28.8 Å². The first-order valence-electron chi connectivity index (χ1n) is 11.7. The molecular formula is C28H18F5N3O3. The lowest BCUT2D eigenvalue weighted by molar-refractivity contribution is -0.286. The highest BCUT2D eigenvalue weighted by Gasteiger charge is 2.43. The summed E-state index contributed by atoms with van der Waals surface area (Å²) >= 11 is 0. The Balaban J connectivity index is 1.54. The molecule has 0 atom stereocenters. The first-order valence-corrected chi connectivity index (χ1v) is 11.7. The van der Waals surface area contributed by atoms with Crippen molar-refractivity contribution in [2.24, 2.45) is 0 Å². The molecule has 0 unspecified atom stereocenters. The Hall–Kier alpha value is -4.67. The summed E-state index contributed by atoms with van der Waals surface area (Å²) < 4.78 is 83.4. The minimum absolute atomic E-state index is 0.135. The fraction of sp³-hybridized carbons (Fsp3) is 0.143. The van der Waals surface area contributed by atoms with Gasteiger partial charge in [0, 0.05) is 24.2 Å². The molecule has 2 aromatic heterocycles. The van der Waals surface area contributed by atoms with Crippen molar-refractivity contribution in [3.8, 4) is 50.9 Å². The Morgan fingerprint density at radius 2 is 1.56 bits per heavy atom. The summed E-state index contributed by atoms with van der Waals surface area (Å²) in [6.07, 6.45) is -7.22. The van der Waals surface area contributed by atoms with E-state index in [1.54, 1.807) is 25.1 Å². The molecule has 0 amide bonds. The Morgan fingerprint density at radius 3 is 2.31 bits per heavy atom. The van der Waals surface area contributed by atoms with Crippen molar-refractivity contribution in [3.05, 3.63) is 90.1 Å². The van der Waals surface area contributed by atoms with Gasteiger partial charge in [0.05, 0.1) is 5.69 Å². The number of nitrogens with zero attached hydrogens (tertiary/aromatic N) is 3. The maximum Gasteiger partial charge on any atom is 0.586 e. The van der Waals surface area contributed by atoms with E-state index in [9.17, 15) is 22.0 Å². The molecule has 0 N–H and O–H groups in total. The van der Waals surface area contributed by atoms with Gasteiger partial charge in [-0.1, -0.05) is 35.9 Å². The van der Waals surface area contributed by atoms with Gasteiger partial charge in [-0.25, -0.2) is 9.67 Å². The second-order valence-corrected chi connectivity index (χ2v) is 8.98. The highest BCUT2D eigenvalue weighted by atomic mass is 19.4. The van der Waals surface area contributed by atoms with Crippen molar-refractivity contribution in [1.82, 2.24) is 14.8 Å². The van der Waals surface area contributed by atoms with Crippen LogP contribution in [0.4, 0.5) is 22.0 Å². The molecule has 0 saturated heterocycles. The molecule has 0 radical (unpaired) electrons. The molecule has 3 aromatic carbocycles. The zero-order valence-corrected chi connectivity index (χ0v) is 20.4. The molecule has 1 aliphatic heterocycles. The lowest BCUT2D eigenvalue weighted by atomic mass is 9.97. The van der Waals surface area contributed by atoms with Crippen LogP contribution in [0.25, 0.3) is 39.4 Å². The maximum atomic E-state index is 13.6. The van der Waals surface area contributed by atoms with E-state index in [-0.39, 0.29) is 28.8 Å². The number of benzene rings is 3. The SMILES string of the molecule is Cc1cccc(-c2ccc(-n3ccc(C(F)(F)F)n3)c(-c3oc(C)nc3-c3ccc4c(c3)OC(F)(F)O4)c2)c1. The fourth-order valence-corrected chi connectivity index (χ4v) is 4.43. The van der Waals surface area contributed by atoms with Gasteiger partial charge in [0.25, 0.3) is 0 Å². The third kappa shape index (κ3) is 4.60. The maximum absolute atomic E-state index is 13.6. The summed E-state index contributed by atoms with van der Waals surface area (Å²) in [7, 11) is 0. The van der Waals surface area contributed by atoms with Gasteiger partial charge >= 0.3 is 12.5 Å². The topological polar surface area (TPSA) is 62.3 Å². The van der Waals surface area contributed by atoms with Crippen molar-refractivity contribution >= 4 is 0 Å². The predicted octanol–water partition coefficient (Wildman–Crippen LogP) is 7.82. The number of aryl methyl sites for hydroxylation is 2. The summed E-state index contributed by atoms with van der Waals surface area (Å²) in [6.45, 7) is 3.55. The fourth-order valence-electron chi connectivity index (χ4n) is 4.43. The number of fused-ring (bicyclic) bond motifs is 1. The van der Waals surface area contributed by atoms with Crippen molar-refractivity contribution in [2.75, 3.05) is 0 Å². The average molecular weight is 539 g/mol. The smallest absolute Gasteiger partial charge is 0.440 e. The second kappa shape index (κ2) is 8.69. The van der Waals surface area contributed by atoms with Crippen LogP contribution in [-0.4, -0.2) is 21.1 Å². The van der Waals surface area contributed by atoms with Gasteiger partial charge in [-0.3, -0.25) is 0 Å². The molecule has 0 saturated carbocycles. The number of hydrogen-bond acceptors (Lipinski definition) is 5. The van der Waals surface area contributed by atoms with E-state index in [2.05, 4.69) is 19.6 Å². The minimum Gasteiger partial charge on any atom is -0.440 e. The van der Waals surface area contributed by atoms with Crippen LogP contribution in [0.1, 0.15) is 17.1 Å². The summed E-state index contributed by atoms with van der Waals surface area (Å²) in [4.78, 5) is 4.45. The van der Waals surface area contributed by atoms with Gasteiger partial charge in [0.1, 0.15) is 5.69 Å². The second-order valence-electron chi connectivity index (χ2n) is 8.98. The molecule has 6 nitrogen and oxygen atoms in total. The number of aromatic nitrogens is 3. The number of oxazole rings is 1. The Bertz CT molecular complexity index is 1720. The standard InChI is InChI=1S/C28H18F5N3O3/c1-15-4-3-5-17(12-15)18-6-8-21(36-11-10-24(35-36)27(29,30)31)20(13-18)26-25(34-16(2)37-26)19-7-9-22-23(14-19)39-28(32,33)38-22/h3-14H,1-2H3. The van der Waals surface area contributed by atoms with E-state index < -0.39 is 18.2 Å². The number of halogens is 5. The van der Waals surface area contributed by atoms with Crippen molar-refractivity contribution in [1.29, 1.82) is 0 Å². The van der Waals surface area contributed by atoms with Crippen molar-refractivity contribution in [3.63, 3.8) is 0 Å². The monoisotopic (exact) mass is 539 g/mol. The normalized spacial score (nSPS) is 14.1. The lowest BCUT2D eigenvalue weighted by Crippen LogP contribution is -2.25. The zero-order chi connectivity index (χ0) is 27.5.